The van der Waals surface area contributed by atoms with E-state index in [-0.39, 0.29) is 11.5 Å². The summed E-state index contributed by atoms with van der Waals surface area (Å²) in [6.07, 6.45) is 2.77. The molecular formula is C11H11ClN3O+. The molecule has 1 aliphatic heterocycles. The third-order valence-corrected chi connectivity index (χ3v) is 3.74. The first-order valence-electron chi connectivity index (χ1n) is 5.17. The van der Waals surface area contributed by atoms with Gasteiger partial charge in [0.15, 0.2) is 5.38 Å². The second-order valence-corrected chi connectivity index (χ2v) is 4.66. The summed E-state index contributed by atoms with van der Waals surface area (Å²) in [6.45, 7) is 0.879. The van der Waals surface area contributed by atoms with E-state index in [0.717, 1.165) is 29.8 Å². The predicted molar refractivity (Wildman–Crippen MR) is 61.4 cm³/mol. The van der Waals surface area contributed by atoms with Crippen LogP contribution >= 0.6 is 11.6 Å². The number of ketones is 1. The number of aromatic amines is 1. The molecule has 1 aliphatic carbocycles. The third-order valence-electron chi connectivity index (χ3n) is 3.31. The fourth-order valence-electron chi connectivity index (χ4n) is 2.44. The summed E-state index contributed by atoms with van der Waals surface area (Å²) in [5.41, 5.74) is 3.44. The van der Waals surface area contributed by atoms with Gasteiger partial charge in [-0.05, 0) is 5.56 Å². The van der Waals surface area contributed by atoms with Gasteiger partial charge in [-0.25, -0.2) is 4.58 Å². The Morgan fingerprint density at radius 3 is 3.12 bits per heavy atom. The molecule has 0 amide bonds. The first-order valence-corrected chi connectivity index (χ1v) is 5.60. The van der Waals surface area contributed by atoms with Crippen molar-refractivity contribution in [2.24, 2.45) is 0 Å². The summed E-state index contributed by atoms with van der Waals surface area (Å²) in [5.74, 6) is -0.277. The van der Waals surface area contributed by atoms with Crippen LogP contribution in [0.5, 0.6) is 0 Å². The maximum atomic E-state index is 11.9. The van der Waals surface area contributed by atoms with E-state index in [9.17, 15) is 4.79 Å². The minimum Gasteiger partial charge on any atom is -0.357 e. The average Bonchev–Trinajstić information content (AvgIpc) is 2.68. The Balaban J connectivity index is 2.37. The molecule has 0 bridgehead atoms. The average molecular weight is 237 g/mol. The highest BCUT2D eigenvalue weighted by atomic mass is 35.5. The van der Waals surface area contributed by atoms with E-state index in [2.05, 4.69) is 4.98 Å². The maximum absolute atomic E-state index is 11.9. The molecule has 82 valence electrons. The van der Waals surface area contributed by atoms with E-state index in [4.69, 9.17) is 17.0 Å². The molecule has 5 heteroatoms. The summed E-state index contributed by atoms with van der Waals surface area (Å²) in [5, 5.41) is 7.13. The van der Waals surface area contributed by atoms with Crippen LogP contribution in [-0.4, -0.2) is 45.7 Å². The molecule has 1 aromatic rings. The SMILES string of the molecule is C[N+]1=C2c3c(c[nH]c3C(=O)C(=N)C2Cl)CC1. The van der Waals surface area contributed by atoms with Gasteiger partial charge in [-0.1, -0.05) is 0 Å². The molecule has 0 saturated carbocycles. The first kappa shape index (κ1) is 9.78. The van der Waals surface area contributed by atoms with E-state index in [0.29, 0.717) is 5.69 Å². The molecule has 0 spiro atoms. The number of nitrogens with zero attached hydrogens (tertiary/aromatic N) is 1. The zero-order chi connectivity index (χ0) is 11.4. The standard InChI is InChI=1S/C11H10ClN3O/c1-15-3-2-5-4-14-9-6(5)10(15)7(12)8(13)11(9)16/h4,7,13H,2-3H2,1H3/p+1. The molecule has 0 radical (unpaired) electrons. The normalized spacial score (nSPS) is 23.8. The maximum Gasteiger partial charge on any atom is 0.225 e. The number of rotatable bonds is 0. The molecule has 2 N–H and O–H groups in total. The molecule has 0 aromatic carbocycles. The summed E-state index contributed by atoms with van der Waals surface area (Å²) >= 11 is 6.18. The Labute approximate surface area is 97.4 Å². The van der Waals surface area contributed by atoms with Crippen molar-refractivity contribution < 1.29 is 9.37 Å². The van der Waals surface area contributed by atoms with Gasteiger partial charge in [0, 0.05) is 12.6 Å². The molecule has 1 aromatic heterocycles. The molecule has 3 rings (SSSR count). The van der Waals surface area contributed by atoms with Crippen LogP contribution < -0.4 is 0 Å². The number of Topliss-reactive ketones (excluding diaryl/α,β-unsaturated/α-hetero) is 1. The van der Waals surface area contributed by atoms with Gasteiger partial charge in [0.1, 0.15) is 25.0 Å². The Bertz CT molecular complexity index is 556. The molecule has 1 atom stereocenters. The van der Waals surface area contributed by atoms with Gasteiger partial charge in [0.25, 0.3) is 0 Å². The lowest BCUT2D eigenvalue weighted by Gasteiger charge is -2.22. The molecule has 0 saturated heterocycles. The van der Waals surface area contributed by atoms with Crippen LogP contribution in [0.15, 0.2) is 6.20 Å². The van der Waals surface area contributed by atoms with E-state index in [1.54, 1.807) is 0 Å². The van der Waals surface area contributed by atoms with Crippen molar-refractivity contribution in [2.75, 3.05) is 13.6 Å². The Kier molecular flexibility index (Phi) is 1.86. The van der Waals surface area contributed by atoms with E-state index >= 15 is 0 Å². The topological polar surface area (TPSA) is 59.7 Å². The minimum atomic E-state index is -0.611. The van der Waals surface area contributed by atoms with Crippen LogP contribution in [0, 0.1) is 5.41 Å². The third kappa shape index (κ3) is 1.02. The highest BCUT2D eigenvalue weighted by Gasteiger charge is 2.43. The smallest absolute Gasteiger partial charge is 0.225 e. The summed E-state index contributed by atoms with van der Waals surface area (Å²) < 4.78 is 2.04. The van der Waals surface area contributed by atoms with Crippen LogP contribution in [0.25, 0.3) is 0 Å². The first-order chi connectivity index (χ1) is 7.61. The van der Waals surface area contributed by atoms with Crippen molar-refractivity contribution in [1.29, 1.82) is 5.41 Å². The van der Waals surface area contributed by atoms with Crippen molar-refractivity contribution >= 4 is 28.8 Å². The molecule has 0 fully saturated rings. The van der Waals surface area contributed by atoms with Crippen LogP contribution in [0.4, 0.5) is 0 Å². The molecule has 1 unspecified atom stereocenters. The minimum absolute atomic E-state index is 0.0358. The molecule has 4 nitrogen and oxygen atoms in total. The predicted octanol–water partition coefficient (Wildman–Crippen LogP) is 0.826. The van der Waals surface area contributed by atoms with Crippen molar-refractivity contribution in [3.63, 3.8) is 0 Å². The number of nitrogens with one attached hydrogen (secondary N) is 2. The van der Waals surface area contributed by atoms with Crippen molar-refractivity contribution in [2.45, 2.75) is 11.8 Å². The quantitative estimate of drug-likeness (QED) is 0.509. The van der Waals surface area contributed by atoms with Crippen LogP contribution in [0.3, 0.4) is 0 Å². The molecule has 2 aliphatic rings. The number of carbonyl (C=O) groups is 1. The van der Waals surface area contributed by atoms with Gasteiger partial charge in [-0.15, -0.1) is 11.6 Å². The zero-order valence-corrected chi connectivity index (χ0v) is 9.56. The van der Waals surface area contributed by atoms with Gasteiger partial charge >= 0.3 is 0 Å². The summed E-state index contributed by atoms with van der Waals surface area (Å²) in [4.78, 5) is 14.8. The monoisotopic (exact) mass is 236 g/mol. The largest absolute Gasteiger partial charge is 0.357 e. The fraction of sp³-hybridized carbons (Fsp3) is 0.364. The van der Waals surface area contributed by atoms with Crippen molar-refractivity contribution in [3.8, 4) is 0 Å². The lowest BCUT2D eigenvalue weighted by atomic mass is 9.87. The second kappa shape index (κ2) is 3.04. The zero-order valence-electron chi connectivity index (χ0n) is 8.80. The summed E-state index contributed by atoms with van der Waals surface area (Å²) in [6, 6.07) is 0. The van der Waals surface area contributed by atoms with Crippen molar-refractivity contribution in [1.82, 2.24) is 4.98 Å². The van der Waals surface area contributed by atoms with Crippen molar-refractivity contribution in [3.05, 3.63) is 23.0 Å². The Hall–Kier alpha value is -1.42. The number of H-pyrrole nitrogens is 1. The number of carbonyl (C=O) groups excluding carboxylic acids is 1. The van der Waals surface area contributed by atoms with Crippen LogP contribution in [0.2, 0.25) is 0 Å². The van der Waals surface area contributed by atoms with E-state index < -0.39 is 5.38 Å². The van der Waals surface area contributed by atoms with Gasteiger partial charge in [0.05, 0.1) is 5.56 Å². The van der Waals surface area contributed by atoms with E-state index in [1.165, 1.54) is 0 Å². The van der Waals surface area contributed by atoms with Gasteiger partial charge < -0.3 is 4.98 Å². The fourth-order valence-corrected chi connectivity index (χ4v) is 2.81. The number of hydrogen-bond donors (Lipinski definition) is 2. The lowest BCUT2D eigenvalue weighted by Crippen LogP contribution is -2.44. The molecular weight excluding hydrogens is 226 g/mol. The Morgan fingerprint density at radius 2 is 2.38 bits per heavy atom. The highest BCUT2D eigenvalue weighted by molar-refractivity contribution is 6.64. The number of halogens is 1. The van der Waals surface area contributed by atoms with Gasteiger partial charge in [0.2, 0.25) is 11.5 Å². The van der Waals surface area contributed by atoms with Crippen LogP contribution in [0.1, 0.15) is 21.6 Å². The lowest BCUT2D eigenvalue weighted by molar-refractivity contribution is -0.498. The van der Waals surface area contributed by atoms with Crippen LogP contribution in [-0.2, 0) is 6.42 Å². The van der Waals surface area contributed by atoms with Gasteiger partial charge in [-0.3, -0.25) is 10.2 Å². The summed E-state index contributed by atoms with van der Waals surface area (Å²) in [7, 11) is 1.95. The molecule has 2 heterocycles. The number of hydrogen-bond acceptors (Lipinski definition) is 2. The molecule has 16 heavy (non-hydrogen) atoms. The Morgan fingerprint density at radius 1 is 1.62 bits per heavy atom. The second-order valence-electron chi connectivity index (χ2n) is 4.23. The number of likely N-dealkylation sites (N-methyl/N-ethyl adjacent to an activating group) is 1. The number of aromatic nitrogens is 1. The van der Waals surface area contributed by atoms with E-state index in [1.807, 2.05) is 17.8 Å². The number of alkyl halides is 1. The van der Waals surface area contributed by atoms with Gasteiger partial charge in [-0.2, -0.15) is 0 Å². The highest BCUT2D eigenvalue weighted by Crippen LogP contribution is 2.28.